The molecular weight excluding hydrogens is 503 g/mol. The molecule has 0 unspecified atom stereocenters. The monoisotopic (exact) mass is 517 g/mol. The maximum absolute atomic E-state index is 12.8. The molecule has 1 aliphatic heterocycles. The molecule has 1 aliphatic rings. The molecular formula is C22H15BrF3N5O2. The Morgan fingerprint density at radius 2 is 1.91 bits per heavy atom. The number of carbonyl (C=O) groups excluding carboxylic acids is 1. The number of carbonyl (C=O) groups is 1. The van der Waals surface area contributed by atoms with Gasteiger partial charge in [-0.15, -0.1) is 0 Å². The molecule has 0 saturated heterocycles. The van der Waals surface area contributed by atoms with Crippen molar-refractivity contribution in [3.63, 3.8) is 0 Å². The highest BCUT2D eigenvalue weighted by Crippen LogP contribution is 2.31. The molecule has 7 nitrogen and oxygen atoms in total. The molecule has 2 N–H and O–H groups in total. The third-order valence-electron chi connectivity index (χ3n) is 4.46. The van der Waals surface area contributed by atoms with Crippen LogP contribution in [0.4, 0.5) is 29.3 Å². The number of rotatable bonds is 2. The second kappa shape index (κ2) is 9.41. The Morgan fingerprint density at radius 3 is 2.67 bits per heavy atom. The van der Waals surface area contributed by atoms with Gasteiger partial charge >= 0.3 is 12.3 Å². The van der Waals surface area contributed by atoms with Crippen LogP contribution in [0.1, 0.15) is 16.8 Å². The van der Waals surface area contributed by atoms with Crippen molar-refractivity contribution in [2.75, 3.05) is 11.9 Å². The number of hydroxylamine groups is 1. The van der Waals surface area contributed by atoms with Crippen molar-refractivity contribution in [3.05, 3.63) is 88.2 Å². The van der Waals surface area contributed by atoms with Crippen LogP contribution in [0.25, 0.3) is 0 Å². The number of nitrogens with zero attached hydrogens (tertiary/aromatic N) is 3. The van der Waals surface area contributed by atoms with Gasteiger partial charge < -0.3 is 4.84 Å². The van der Waals surface area contributed by atoms with Gasteiger partial charge in [-0.25, -0.2) is 15.3 Å². The molecule has 1 amide bonds. The minimum Gasteiger partial charge on any atom is -0.323 e. The van der Waals surface area contributed by atoms with E-state index in [0.717, 1.165) is 22.2 Å². The predicted molar refractivity (Wildman–Crippen MR) is 121 cm³/mol. The first-order valence-electron chi connectivity index (χ1n) is 9.54. The fourth-order valence-electron chi connectivity index (χ4n) is 3.01. The van der Waals surface area contributed by atoms with E-state index in [9.17, 15) is 18.0 Å². The fourth-order valence-corrected chi connectivity index (χ4v) is 3.38. The summed E-state index contributed by atoms with van der Waals surface area (Å²) in [7, 11) is 0. The maximum atomic E-state index is 12.8. The summed E-state index contributed by atoms with van der Waals surface area (Å²) < 4.78 is 39.4. The molecule has 0 fully saturated rings. The van der Waals surface area contributed by atoms with Gasteiger partial charge in [-0.3, -0.25) is 15.3 Å². The van der Waals surface area contributed by atoms with E-state index in [0.29, 0.717) is 17.1 Å². The van der Waals surface area contributed by atoms with Gasteiger partial charge in [0.25, 0.3) is 0 Å². The Morgan fingerprint density at radius 1 is 1.06 bits per heavy atom. The molecule has 1 aromatic heterocycles. The van der Waals surface area contributed by atoms with E-state index in [4.69, 9.17) is 4.84 Å². The topological polar surface area (TPSA) is 88.0 Å². The molecule has 33 heavy (non-hydrogen) atoms. The van der Waals surface area contributed by atoms with Crippen LogP contribution in [0, 0.1) is 0 Å². The number of fused-ring (bicyclic) bond motifs is 1. The van der Waals surface area contributed by atoms with Gasteiger partial charge in [0.05, 0.1) is 22.7 Å². The molecule has 0 radical (unpaired) electrons. The third-order valence-corrected chi connectivity index (χ3v) is 4.95. The summed E-state index contributed by atoms with van der Waals surface area (Å²) in [6, 6.07) is 15.1. The molecule has 0 atom stereocenters. The summed E-state index contributed by atoms with van der Waals surface area (Å²) in [6.45, 7) is 0.0506. The van der Waals surface area contributed by atoms with Gasteiger partial charge in [-0.2, -0.15) is 13.2 Å². The molecule has 4 rings (SSSR count). The summed E-state index contributed by atoms with van der Waals surface area (Å²) in [6.07, 6.45) is -3.88. The van der Waals surface area contributed by atoms with Gasteiger partial charge in [-0.1, -0.05) is 28.1 Å². The normalized spacial score (nSPS) is 13.2. The zero-order valence-corrected chi connectivity index (χ0v) is 18.3. The molecule has 2 heterocycles. The van der Waals surface area contributed by atoms with Gasteiger partial charge in [0.2, 0.25) is 0 Å². The first-order chi connectivity index (χ1) is 15.8. The molecule has 0 bridgehead atoms. The Balaban J connectivity index is 1.50. The smallest absolute Gasteiger partial charge is 0.323 e. The molecule has 11 heteroatoms. The first kappa shape index (κ1) is 22.5. The number of aliphatic imine (C=N–C) groups is 2. The average molecular weight is 518 g/mol. The Bertz CT molecular complexity index is 1250. The zero-order chi connectivity index (χ0) is 23.4. The number of halogens is 4. The Hall–Kier alpha value is -3.73. The second-order valence-corrected chi connectivity index (χ2v) is 7.71. The number of hydrogen-bond donors (Lipinski definition) is 2. The number of alkyl halides is 3. The molecule has 0 spiro atoms. The van der Waals surface area contributed by atoms with Gasteiger partial charge in [-0.05, 0) is 48.5 Å². The molecule has 3 aromatic rings. The van der Waals surface area contributed by atoms with Crippen LogP contribution in [0.15, 0.2) is 81.3 Å². The van der Waals surface area contributed by atoms with Crippen LogP contribution < -0.4 is 10.8 Å². The van der Waals surface area contributed by atoms with E-state index in [-0.39, 0.29) is 18.1 Å². The van der Waals surface area contributed by atoms with Crippen LogP contribution in [-0.4, -0.2) is 29.2 Å². The number of benzene rings is 2. The predicted octanol–water partition coefficient (Wildman–Crippen LogP) is 5.50. The minimum atomic E-state index is -4.53. The number of nitrogens with one attached hydrogen (secondary N) is 2. The van der Waals surface area contributed by atoms with Gasteiger partial charge in [0.1, 0.15) is 6.54 Å². The lowest BCUT2D eigenvalue weighted by molar-refractivity contribution is -0.137. The van der Waals surface area contributed by atoms with E-state index in [2.05, 4.69) is 41.7 Å². The number of anilines is 1. The van der Waals surface area contributed by atoms with Crippen LogP contribution in [0.2, 0.25) is 0 Å². The summed E-state index contributed by atoms with van der Waals surface area (Å²) in [4.78, 5) is 30.4. The van der Waals surface area contributed by atoms with Crippen molar-refractivity contribution >= 4 is 44.9 Å². The highest BCUT2D eigenvalue weighted by atomic mass is 79.9. The first-order valence-corrected chi connectivity index (χ1v) is 10.3. The number of amides is 1. The lowest BCUT2D eigenvalue weighted by Gasteiger charge is -2.11. The number of hydrogen-bond acceptors (Lipinski definition) is 6. The molecule has 2 aromatic carbocycles. The molecule has 0 aliphatic carbocycles. The number of pyridine rings is 1. The average Bonchev–Trinajstić information content (AvgIpc) is 2.97. The largest absolute Gasteiger partial charge is 0.435 e. The van der Waals surface area contributed by atoms with Gasteiger partial charge in [0, 0.05) is 21.9 Å². The summed E-state index contributed by atoms with van der Waals surface area (Å²) >= 11 is 3.44. The fraction of sp³-hybridized carbons (Fsp3) is 0.0909. The van der Waals surface area contributed by atoms with Crippen LogP contribution in [0.5, 0.6) is 0 Å². The minimum absolute atomic E-state index is 0.0506. The Kier molecular flexibility index (Phi) is 6.40. The number of aromatic nitrogens is 1. The van der Waals surface area contributed by atoms with E-state index < -0.39 is 17.8 Å². The van der Waals surface area contributed by atoms with Crippen molar-refractivity contribution < 1.29 is 22.8 Å². The highest BCUT2D eigenvalue weighted by Gasteiger charge is 2.30. The SMILES string of the molecule is O=C(Nc1cccc(C(F)(F)F)c1)ONC1=Nc2ccc(Br)cc2C(c2ccccn2)=NC1. The maximum Gasteiger partial charge on any atom is 0.435 e. The van der Waals surface area contributed by atoms with Gasteiger partial charge in [0.15, 0.2) is 5.84 Å². The van der Waals surface area contributed by atoms with Crippen LogP contribution in [-0.2, 0) is 11.0 Å². The van der Waals surface area contributed by atoms with Crippen molar-refractivity contribution in [2.45, 2.75) is 6.18 Å². The van der Waals surface area contributed by atoms with Crippen molar-refractivity contribution in [2.24, 2.45) is 9.98 Å². The van der Waals surface area contributed by atoms with E-state index >= 15 is 0 Å². The van der Waals surface area contributed by atoms with E-state index in [1.165, 1.54) is 12.1 Å². The molecule has 0 saturated carbocycles. The van der Waals surface area contributed by atoms with E-state index in [1.54, 1.807) is 18.3 Å². The van der Waals surface area contributed by atoms with E-state index in [1.807, 2.05) is 24.3 Å². The van der Waals surface area contributed by atoms with Crippen LogP contribution in [0.3, 0.4) is 0 Å². The quantitative estimate of drug-likeness (QED) is 0.439. The zero-order valence-electron chi connectivity index (χ0n) is 16.7. The summed E-state index contributed by atoms with van der Waals surface area (Å²) in [5.41, 5.74) is 4.04. The van der Waals surface area contributed by atoms with Crippen molar-refractivity contribution in [1.82, 2.24) is 10.5 Å². The standard InChI is InChI=1S/C22H15BrF3N5O2/c23-14-7-8-17-16(11-14)20(18-6-1-2-9-27-18)28-12-19(30-17)31-33-21(32)29-15-5-3-4-13(10-15)22(24,25)26/h1-11H,12H2,(H,29,32)(H,30,31). The second-order valence-electron chi connectivity index (χ2n) is 6.79. The lowest BCUT2D eigenvalue weighted by Crippen LogP contribution is -2.31. The highest BCUT2D eigenvalue weighted by molar-refractivity contribution is 9.10. The van der Waals surface area contributed by atoms with Crippen LogP contribution >= 0.6 is 15.9 Å². The lowest BCUT2D eigenvalue weighted by atomic mass is 10.0. The summed E-state index contributed by atoms with van der Waals surface area (Å²) in [5.74, 6) is 0.226. The summed E-state index contributed by atoms with van der Waals surface area (Å²) in [5, 5.41) is 2.24. The van der Waals surface area contributed by atoms with Crippen molar-refractivity contribution in [3.8, 4) is 0 Å². The number of amidine groups is 1. The molecule has 168 valence electrons. The Labute approximate surface area is 194 Å². The van der Waals surface area contributed by atoms with Crippen molar-refractivity contribution in [1.29, 1.82) is 0 Å². The third kappa shape index (κ3) is 5.55.